The van der Waals surface area contributed by atoms with Gasteiger partial charge in [-0.05, 0) is 18.6 Å². The van der Waals surface area contributed by atoms with E-state index >= 15 is 0 Å². The highest BCUT2D eigenvalue weighted by Gasteiger charge is 2.07. The van der Waals surface area contributed by atoms with Gasteiger partial charge < -0.3 is 0 Å². The van der Waals surface area contributed by atoms with Crippen molar-refractivity contribution in [3.63, 3.8) is 0 Å². The standard InChI is InChI=1S/C14H13Cl3N4O/c1-2-3-8-6-12(22)20-14(19-8)21-18-7-9-10(15)4-5-11(16)13(9)17/h4-7H,2-3H2,1H3,(H2,19,20,21,22)/b18-7+. The SMILES string of the molecule is CCCc1cc(=O)[nH]c(N/N=C/c2c(Cl)ccc(Cl)c2Cl)n1. The van der Waals surface area contributed by atoms with Gasteiger partial charge in [0, 0.05) is 17.3 Å². The lowest BCUT2D eigenvalue weighted by Gasteiger charge is -2.04. The molecule has 2 aromatic rings. The Morgan fingerprint density at radius 1 is 1.32 bits per heavy atom. The maximum Gasteiger partial charge on any atom is 0.252 e. The Morgan fingerprint density at radius 3 is 2.77 bits per heavy atom. The van der Waals surface area contributed by atoms with E-state index in [4.69, 9.17) is 34.8 Å². The van der Waals surface area contributed by atoms with Crippen molar-refractivity contribution in [3.05, 3.63) is 54.9 Å². The summed E-state index contributed by atoms with van der Waals surface area (Å²) in [5, 5.41) is 5.08. The number of H-pyrrole nitrogens is 1. The van der Waals surface area contributed by atoms with Crippen LogP contribution in [0, 0.1) is 0 Å². The minimum atomic E-state index is -0.241. The van der Waals surface area contributed by atoms with Crippen LogP contribution in [-0.2, 0) is 6.42 Å². The van der Waals surface area contributed by atoms with Gasteiger partial charge in [-0.3, -0.25) is 9.78 Å². The fraction of sp³-hybridized carbons (Fsp3) is 0.214. The van der Waals surface area contributed by atoms with E-state index in [2.05, 4.69) is 20.5 Å². The zero-order chi connectivity index (χ0) is 16.1. The Balaban J connectivity index is 2.20. The summed E-state index contributed by atoms with van der Waals surface area (Å²) in [6, 6.07) is 4.69. The average molecular weight is 360 g/mol. The fourth-order valence-electron chi connectivity index (χ4n) is 1.76. The van der Waals surface area contributed by atoms with Crippen LogP contribution in [0.4, 0.5) is 5.95 Å². The molecular weight excluding hydrogens is 347 g/mol. The number of aromatic amines is 1. The molecule has 116 valence electrons. The second kappa shape index (κ2) is 7.63. The molecule has 5 nitrogen and oxygen atoms in total. The van der Waals surface area contributed by atoms with E-state index < -0.39 is 0 Å². The number of aryl methyl sites for hydroxylation is 1. The first-order valence-corrected chi connectivity index (χ1v) is 7.67. The van der Waals surface area contributed by atoms with Crippen LogP contribution in [-0.4, -0.2) is 16.2 Å². The third-order valence-corrected chi connectivity index (χ3v) is 3.89. The molecule has 0 bridgehead atoms. The second-order valence-corrected chi connectivity index (χ2v) is 5.65. The number of hydrazone groups is 1. The van der Waals surface area contributed by atoms with Crippen molar-refractivity contribution in [2.75, 3.05) is 5.43 Å². The summed E-state index contributed by atoms with van der Waals surface area (Å²) in [7, 11) is 0. The number of halogens is 3. The van der Waals surface area contributed by atoms with Gasteiger partial charge in [0.25, 0.3) is 5.56 Å². The molecule has 2 rings (SSSR count). The zero-order valence-corrected chi connectivity index (χ0v) is 13.9. The van der Waals surface area contributed by atoms with Gasteiger partial charge in [-0.1, -0.05) is 48.1 Å². The maximum atomic E-state index is 11.5. The largest absolute Gasteiger partial charge is 0.291 e. The Labute approximate surface area is 142 Å². The molecule has 1 aromatic heterocycles. The number of anilines is 1. The molecule has 0 aliphatic carbocycles. The van der Waals surface area contributed by atoms with E-state index in [-0.39, 0.29) is 11.5 Å². The Bertz CT molecular complexity index is 758. The van der Waals surface area contributed by atoms with Crippen LogP contribution in [0.15, 0.2) is 28.1 Å². The predicted octanol–water partition coefficient (Wildman–Crippen LogP) is 4.13. The van der Waals surface area contributed by atoms with Crippen molar-refractivity contribution in [2.45, 2.75) is 19.8 Å². The number of benzene rings is 1. The molecule has 8 heteroatoms. The third kappa shape index (κ3) is 4.22. The fourth-order valence-corrected chi connectivity index (χ4v) is 2.40. The quantitative estimate of drug-likeness (QED) is 0.479. The molecule has 0 amide bonds. The number of aromatic nitrogens is 2. The molecule has 22 heavy (non-hydrogen) atoms. The van der Waals surface area contributed by atoms with Crippen LogP contribution >= 0.6 is 34.8 Å². The van der Waals surface area contributed by atoms with E-state index in [1.54, 1.807) is 12.1 Å². The highest BCUT2D eigenvalue weighted by molar-refractivity contribution is 6.45. The van der Waals surface area contributed by atoms with Crippen molar-refractivity contribution in [3.8, 4) is 0 Å². The Morgan fingerprint density at radius 2 is 2.05 bits per heavy atom. The summed E-state index contributed by atoms with van der Waals surface area (Å²) in [5.74, 6) is 0.251. The van der Waals surface area contributed by atoms with Gasteiger partial charge in [0.1, 0.15) is 0 Å². The molecule has 0 radical (unpaired) electrons. The summed E-state index contributed by atoms with van der Waals surface area (Å²) >= 11 is 18.0. The molecule has 0 saturated carbocycles. The minimum absolute atomic E-state index is 0.241. The van der Waals surface area contributed by atoms with Gasteiger partial charge >= 0.3 is 0 Å². The molecule has 1 aromatic carbocycles. The smallest absolute Gasteiger partial charge is 0.252 e. The summed E-state index contributed by atoms with van der Waals surface area (Å²) in [6.45, 7) is 2.01. The first kappa shape index (κ1) is 16.8. The minimum Gasteiger partial charge on any atom is -0.291 e. The third-order valence-electron chi connectivity index (χ3n) is 2.74. The van der Waals surface area contributed by atoms with Crippen LogP contribution in [0.25, 0.3) is 0 Å². The van der Waals surface area contributed by atoms with E-state index in [0.29, 0.717) is 32.7 Å². The van der Waals surface area contributed by atoms with Crippen molar-refractivity contribution < 1.29 is 0 Å². The van der Waals surface area contributed by atoms with Gasteiger partial charge in [0.15, 0.2) is 0 Å². The molecular formula is C14H13Cl3N4O. The number of hydrogen-bond donors (Lipinski definition) is 2. The first-order valence-electron chi connectivity index (χ1n) is 6.54. The normalized spacial score (nSPS) is 11.1. The molecule has 0 spiro atoms. The molecule has 2 N–H and O–H groups in total. The van der Waals surface area contributed by atoms with Crippen LogP contribution in [0.3, 0.4) is 0 Å². The molecule has 0 atom stereocenters. The average Bonchev–Trinajstić information content (AvgIpc) is 2.46. The lowest BCUT2D eigenvalue weighted by Crippen LogP contribution is -2.12. The zero-order valence-electron chi connectivity index (χ0n) is 11.7. The summed E-state index contributed by atoms with van der Waals surface area (Å²) in [6.07, 6.45) is 3.03. The van der Waals surface area contributed by atoms with Gasteiger partial charge in [0.2, 0.25) is 5.95 Å². The van der Waals surface area contributed by atoms with Crippen molar-refractivity contribution in [1.29, 1.82) is 0 Å². The second-order valence-electron chi connectivity index (χ2n) is 4.46. The summed E-state index contributed by atoms with van der Waals surface area (Å²) < 4.78 is 0. The Kier molecular flexibility index (Phi) is 5.83. The maximum absolute atomic E-state index is 11.5. The summed E-state index contributed by atoms with van der Waals surface area (Å²) in [5.41, 5.74) is 3.59. The van der Waals surface area contributed by atoms with Gasteiger partial charge in [-0.25, -0.2) is 10.4 Å². The van der Waals surface area contributed by atoms with Crippen molar-refractivity contribution >= 4 is 47.0 Å². The number of nitrogens with zero attached hydrogens (tertiary/aromatic N) is 2. The summed E-state index contributed by atoms with van der Waals surface area (Å²) in [4.78, 5) is 18.3. The van der Waals surface area contributed by atoms with E-state index in [0.717, 1.165) is 6.42 Å². The van der Waals surface area contributed by atoms with Gasteiger partial charge in [-0.15, -0.1) is 0 Å². The first-order chi connectivity index (χ1) is 10.5. The van der Waals surface area contributed by atoms with Crippen LogP contribution in [0.5, 0.6) is 0 Å². The Hall–Kier alpha value is -1.56. The highest BCUT2D eigenvalue weighted by Crippen LogP contribution is 2.29. The number of hydrogen-bond acceptors (Lipinski definition) is 4. The van der Waals surface area contributed by atoms with Crippen molar-refractivity contribution in [1.82, 2.24) is 9.97 Å². The van der Waals surface area contributed by atoms with E-state index in [9.17, 15) is 4.79 Å². The lowest BCUT2D eigenvalue weighted by atomic mass is 10.2. The lowest BCUT2D eigenvalue weighted by molar-refractivity contribution is 0.867. The molecule has 0 aliphatic rings. The topological polar surface area (TPSA) is 70.1 Å². The van der Waals surface area contributed by atoms with Crippen molar-refractivity contribution in [2.24, 2.45) is 5.10 Å². The number of nitrogens with one attached hydrogen (secondary N) is 2. The van der Waals surface area contributed by atoms with Crippen LogP contribution in [0.2, 0.25) is 15.1 Å². The van der Waals surface area contributed by atoms with Gasteiger partial charge in [-0.2, -0.15) is 5.10 Å². The molecule has 0 fully saturated rings. The van der Waals surface area contributed by atoms with Gasteiger partial charge in [0.05, 0.1) is 21.3 Å². The van der Waals surface area contributed by atoms with Crippen LogP contribution in [0.1, 0.15) is 24.6 Å². The molecule has 0 saturated heterocycles. The predicted molar refractivity (Wildman–Crippen MR) is 91.5 cm³/mol. The van der Waals surface area contributed by atoms with E-state index in [1.165, 1.54) is 12.3 Å². The molecule has 0 aliphatic heterocycles. The molecule has 0 unspecified atom stereocenters. The van der Waals surface area contributed by atoms with E-state index in [1.807, 2.05) is 6.92 Å². The monoisotopic (exact) mass is 358 g/mol. The number of rotatable bonds is 5. The highest BCUT2D eigenvalue weighted by atomic mass is 35.5. The molecule has 1 heterocycles. The van der Waals surface area contributed by atoms with Crippen LogP contribution < -0.4 is 11.0 Å².